The highest BCUT2D eigenvalue weighted by molar-refractivity contribution is 6.36. The summed E-state index contributed by atoms with van der Waals surface area (Å²) in [5.41, 5.74) is 7.83. The van der Waals surface area contributed by atoms with E-state index in [1.54, 1.807) is 4.52 Å². The summed E-state index contributed by atoms with van der Waals surface area (Å²) in [5.74, 6) is -0.434. The minimum absolute atomic E-state index is 0.400. The van der Waals surface area contributed by atoms with Gasteiger partial charge in [0.2, 0.25) is 0 Å². The van der Waals surface area contributed by atoms with Gasteiger partial charge in [0.25, 0.3) is 0 Å². The molecule has 2 aromatic heterocycles. The Hall–Kier alpha value is -4.66. The molecular weight excluding hydrogens is 624 g/mol. The molecule has 7 rings (SSSR count). The molecular formula is C39H39ClN4O4. The number of anilines is 1. The number of benzene rings is 3. The van der Waals surface area contributed by atoms with Gasteiger partial charge in [-0.15, -0.1) is 0 Å². The number of carbonyl (C=O) groups is 1. The number of ether oxygens (including phenoxy) is 2. The van der Waals surface area contributed by atoms with Crippen molar-refractivity contribution < 1.29 is 19.4 Å². The van der Waals surface area contributed by atoms with Crippen LogP contribution in [0.25, 0.3) is 39.3 Å². The molecule has 0 aliphatic carbocycles. The van der Waals surface area contributed by atoms with Gasteiger partial charge in [0.15, 0.2) is 11.8 Å². The molecule has 2 aliphatic heterocycles. The zero-order chi connectivity index (χ0) is 33.6. The highest BCUT2D eigenvalue weighted by Gasteiger charge is 2.35. The van der Waals surface area contributed by atoms with Crippen LogP contribution in [0.1, 0.15) is 56.5 Å². The van der Waals surface area contributed by atoms with Crippen molar-refractivity contribution in [2.75, 3.05) is 24.6 Å². The second-order valence-electron chi connectivity index (χ2n) is 13.4. The van der Waals surface area contributed by atoms with Gasteiger partial charge in [-0.1, -0.05) is 66.2 Å². The van der Waals surface area contributed by atoms with E-state index in [1.165, 1.54) is 5.56 Å². The molecule has 0 saturated carbocycles. The van der Waals surface area contributed by atoms with Gasteiger partial charge in [-0.25, -0.2) is 14.3 Å². The predicted octanol–water partition coefficient (Wildman–Crippen LogP) is 8.72. The van der Waals surface area contributed by atoms with Crippen molar-refractivity contribution >= 4 is 28.9 Å². The van der Waals surface area contributed by atoms with Gasteiger partial charge < -0.3 is 19.5 Å². The molecule has 246 valence electrons. The van der Waals surface area contributed by atoms with Crippen LogP contribution < -0.4 is 9.64 Å². The zero-order valence-corrected chi connectivity index (χ0v) is 28.4. The summed E-state index contributed by atoms with van der Waals surface area (Å²) in [6.07, 6.45) is 6.10. The number of fused-ring (bicyclic) bond motifs is 9. The molecule has 1 atom stereocenters. The van der Waals surface area contributed by atoms with E-state index in [9.17, 15) is 9.90 Å². The summed E-state index contributed by atoms with van der Waals surface area (Å²) < 4.78 is 14.0. The van der Waals surface area contributed by atoms with Crippen LogP contribution in [0, 0.1) is 6.92 Å². The molecule has 0 unspecified atom stereocenters. The normalized spacial score (nSPS) is 16.0. The van der Waals surface area contributed by atoms with E-state index in [2.05, 4.69) is 53.5 Å². The molecule has 5 aromatic rings. The lowest BCUT2D eigenvalue weighted by molar-refractivity contribution is -0.160. The van der Waals surface area contributed by atoms with Crippen LogP contribution >= 0.6 is 11.6 Å². The van der Waals surface area contributed by atoms with E-state index in [0.717, 1.165) is 41.6 Å². The van der Waals surface area contributed by atoms with E-state index in [0.29, 0.717) is 64.3 Å². The third-order valence-corrected chi connectivity index (χ3v) is 9.19. The molecule has 0 spiro atoms. The van der Waals surface area contributed by atoms with Crippen molar-refractivity contribution in [2.45, 2.75) is 58.7 Å². The van der Waals surface area contributed by atoms with E-state index in [4.69, 9.17) is 31.2 Å². The Morgan fingerprint density at radius 1 is 1.02 bits per heavy atom. The summed E-state index contributed by atoms with van der Waals surface area (Å²) in [6, 6.07) is 22.8. The molecule has 1 N–H and O–H groups in total. The van der Waals surface area contributed by atoms with Crippen LogP contribution in [0.4, 0.5) is 5.69 Å². The summed E-state index contributed by atoms with van der Waals surface area (Å²) in [5, 5.41) is 16.1. The second-order valence-corrected chi connectivity index (χ2v) is 13.8. The van der Waals surface area contributed by atoms with Gasteiger partial charge in [-0.2, -0.15) is 5.10 Å². The topological polar surface area (TPSA) is 89.2 Å². The molecule has 0 radical (unpaired) electrons. The maximum absolute atomic E-state index is 12.9. The molecule has 0 amide bonds. The van der Waals surface area contributed by atoms with Crippen LogP contribution in [0.5, 0.6) is 5.75 Å². The second kappa shape index (κ2) is 12.7. The standard InChI is InChI=1S/C39H39ClN4O4/c1-24-33(37(38(45)46)48-39(2,3)4)35-29-16-17-31-36(34(29)40)43(19-20-47-31)18-8-6-5-7-11-25-12-9-13-26(21-25)27-14-10-15-28(22-27)30-23-32(41-24)44(35)42-30/h6,8-10,12-17,21-23,37H,5,7,11,18-20H2,1-4H3,(H,45,46)/b8-6+/t37-/m0/s1. The first kappa shape index (κ1) is 31.9. The number of carboxylic acid groups (broad SMARTS) is 1. The minimum Gasteiger partial charge on any atom is -0.490 e. The van der Waals surface area contributed by atoms with Crippen molar-refractivity contribution in [3.05, 3.63) is 101 Å². The van der Waals surface area contributed by atoms with Gasteiger partial charge in [-0.05, 0) is 81.8 Å². The van der Waals surface area contributed by atoms with Gasteiger partial charge in [0.05, 0.1) is 34.2 Å². The summed E-state index contributed by atoms with van der Waals surface area (Å²) in [7, 11) is 0. The fraction of sp³-hybridized carbons (Fsp3) is 0.308. The van der Waals surface area contributed by atoms with Crippen molar-refractivity contribution in [3.8, 4) is 39.4 Å². The van der Waals surface area contributed by atoms with Gasteiger partial charge in [-0.3, -0.25) is 0 Å². The minimum atomic E-state index is -1.33. The Morgan fingerprint density at radius 3 is 2.58 bits per heavy atom. The number of aliphatic carboxylic acids is 1. The zero-order valence-electron chi connectivity index (χ0n) is 27.7. The summed E-state index contributed by atoms with van der Waals surface area (Å²) >= 11 is 7.37. The number of carboxylic acids is 1. The molecule has 2 aliphatic rings. The van der Waals surface area contributed by atoms with Crippen LogP contribution in [-0.4, -0.2) is 51.0 Å². The fourth-order valence-electron chi connectivity index (χ4n) is 6.64. The number of halogens is 1. The fourth-order valence-corrected chi connectivity index (χ4v) is 7.01. The molecule has 0 saturated heterocycles. The Bertz CT molecular complexity index is 2060. The van der Waals surface area contributed by atoms with Gasteiger partial charge >= 0.3 is 5.97 Å². The lowest BCUT2D eigenvalue weighted by Gasteiger charge is -2.32. The van der Waals surface area contributed by atoms with E-state index >= 15 is 0 Å². The molecule has 8 nitrogen and oxygen atoms in total. The summed E-state index contributed by atoms with van der Waals surface area (Å²) in [6.45, 7) is 9.20. The molecule has 48 heavy (non-hydrogen) atoms. The molecule has 9 heteroatoms. The number of aryl methyl sites for hydroxylation is 2. The maximum atomic E-state index is 12.9. The first-order valence-corrected chi connectivity index (χ1v) is 16.8. The lowest BCUT2D eigenvalue weighted by atomic mass is 9.97. The smallest absolute Gasteiger partial charge is 0.337 e. The van der Waals surface area contributed by atoms with Crippen LogP contribution in [0.2, 0.25) is 5.02 Å². The molecule has 8 bridgehead atoms. The maximum Gasteiger partial charge on any atom is 0.337 e. The monoisotopic (exact) mass is 662 g/mol. The number of rotatable bonds is 3. The third-order valence-electron chi connectivity index (χ3n) is 8.80. The van der Waals surface area contributed by atoms with Crippen molar-refractivity contribution in [1.82, 2.24) is 14.6 Å². The Balaban J connectivity index is 1.51. The molecule has 3 aromatic carbocycles. The van der Waals surface area contributed by atoms with Crippen molar-refractivity contribution in [2.24, 2.45) is 0 Å². The van der Waals surface area contributed by atoms with Crippen LogP contribution in [0.15, 0.2) is 78.9 Å². The number of allylic oxidation sites excluding steroid dienone is 1. The summed E-state index contributed by atoms with van der Waals surface area (Å²) in [4.78, 5) is 20.1. The highest BCUT2D eigenvalue weighted by Crippen LogP contribution is 2.46. The van der Waals surface area contributed by atoms with Gasteiger partial charge in [0, 0.05) is 35.0 Å². The van der Waals surface area contributed by atoms with Crippen LogP contribution in [-0.2, 0) is 16.0 Å². The SMILES string of the molecule is Cc1nc2cc3nn2c(c1[C@H](OC(C)(C)C)C(=O)O)-c1ccc2c(c1Cl)N(C/C=C/CCCc1cccc(c1)-c1cccc-3c1)CCO2. The lowest BCUT2D eigenvalue weighted by Crippen LogP contribution is -2.33. The quantitative estimate of drug-likeness (QED) is 0.193. The average molecular weight is 663 g/mol. The number of hydrogen-bond donors (Lipinski definition) is 1. The number of nitrogens with zero attached hydrogens (tertiary/aromatic N) is 4. The van der Waals surface area contributed by atoms with Crippen LogP contribution in [0.3, 0.4) is 0 Å². The first-order chi connectivity index (χ1) is 23.1. The number of aromatic nitrogens is 3. The molecule has 4 heterocycles. The Kier molecular flexibility index (Phi) is 8.48. The highest BCUT2D eigenvalue weighted by atomic mass is 35.5. The predicted molar refractivity (Wildman–Crippen MR) is 190 cm³/mol. The molecule has 0 fully saturated rings. The first-order valence-electron chi connectivity index (χ1n) is 16.4. The van der Waals surface area contributed by atoms with Gasteiger partial charge in [0.1, 0.15) is 12.4 Å². The van der Waals surface area contributed by atoms with E-state index in [1.807, 2.05) is 58.0 Å². The van der Waals surface area contributed by atoms with Crippen molar-refractivity contribution in [3.63, 3.8) is 0 Å². The average Bonchev–Trinajstić information content (AvgIpc) is 3.48. The largest absolute Gasteiger partial charge is 0.490 e. The van der Waals surface area contributed by atoms with E-state index < -0.39 is 17.7 Å². The number of hydrogen-bond acceptors (Lipinski definition) is 6. The third kappa shape index (κ3) is 6.18. The van der Waals surface area contributed by atoms with E-state index in [-0.39, 0.29) is 0 Å². The van der Waals surface area contributed by atoms with Crippen molar-refractivity contribution in [1.29, 1.82) is 0 Å². The Morgan fingerprint density at radius 2 is 1.79 bits per heavy atom. The Labute approximate surface area is 285 Å².